The van der Waals surface area contributed by atoms with E-state index in [1.807, 2.05) is 45.0 Å². The molecule has 0 aliphatic heterocycles. The van der Waals surface area contributed by atoms with Gasteiger partial charge < -0.3 is 19.2 Å². The lowest BCUT2D eigenvalue weighted by Gasteiger charge is -2.33. The molecule has 0 radical (unpaired) electrons. The van der Waals surface area contributed by atoms with E-state index in [1.54, 1.807) is 0 Å². The first-order valence-electron chi connectivity index (χ1n) is 9.90. The Morgan fingerprint density at radius 3 is 2.66 bits per heavy atom. The van der Waals surface area contributed by atoms with Crippen molar-refractivity contribution in [2.24, 2.45) is 0 Å². The Bertz CT molecular complexity index is 1210. The van der Waals surface area contributed by atoms with Crippen LogP contribution in [-0.2, 0) is 10.2 Å². The molecular formula is C23H21ClFN3O4. The summed E-state index contributed by atoms with van der Waals surface area (Å²) in [5, 5.41) is 10.8. The molecule has 1 amide bonds. The molecule has 1 heterocycles. The Hall–Kier alpha value is -3.39. The SMILES string of the molecule is Cc1ccc(Oc2nnc(C3(C)C=C(NC(=O)COc4ccc(Cl)c(F)c4)C3)o2)cc1C. The number of carbonyl (C=O) groups excluding carboxylic acids is 1. The molecule has 0 fully saturated rings. The van der Waals surface area contributed by atoms with Gasteiger partial charge in [-0.3, -0.25) is 4.79 Å². The van der Waals surface area contributed by atoms with Gasteiger partial charge in [0.2, 0.25) is 5.89 Å². The van der Waals surface area contributed by atoms with E-state index in [0.29, 0.717) is 23.8 Å². The van der Waals surface area contributed by atoms with Gasteiger partial charge in [-0.2, -0.15) is 0 Å². The number of nitrogens with zero attached hydrogens (tertiary/aromatic N) is 2. The van der Waals surface area contributed by atoms with Gasteiger partial charge in [-0.25, -0.2) is 4.39 Å². The minimum absolute atomic E-state index is 0.00993. The molecule has 9 heteroatoms. The average Bonchev–Trinajstić information content (AvgIpc) is 3.19. The lowest BCUT2D eigenvalue weighted by molar-refractivity contribution is -0.122. The van der Waals surface area contributed by atoms with E-state index in [9.17, 15) is 9.18 Å². The van der Waals surface area contributed by atoms with Gasteiger partial charge in [-0.15, -0.1) is 5.10 Å². The normalized spacial score (nSPS) is 17.3. The summed E-state index contributed by atoms with van der Waals surface area (Å²) in [6.45, 7) is 5.68. The highest BCUT2D eigenvalue weighted by atomic mass is 35.5. The number of allylic oxidation sites excluding steroid dienone is 2. The lowest BCUT2D eigenvalue weighted by atomic mass is 9.75. The van der Waals surface area contributed by atoms with Crippen LogP contribution in [0.25, 0.3) is 0 Å². The fourth-order valence-corrected chi connectivity index (χ4v) is 3.38. The zero-order valence-electron chi connectivity index (χ0n) is 17.7. The van der Waals surface area contributed by atoms with Crippen molar-refractivity contribution < 1.29 is 23.1 Å². The molecule has 0 bridgehead atoms. The van der Waals surface area contributed by atoms with Crippen LogP contribution in [0.2, 0.25) is 5.02 Å². The standard InChI is InChI=1S/C23H21ClFN3O4/c1-13-4-5-17(8-14(13)2)31-22-28-27-21(32-22)23(3)10-15(11-23)26-20(29)12-30-16-6-7-18(24)19(25)9-16/h4-10H,11-12H2,1-3H3,(H,26,29). The Kier molecular flexibility index (Phi) is 5.88. The topological polar surface area (TPSA) is 86.5 Å². The van der Waals surface area contributed by atoms with Crippen LogP contribution in [0.15, 0.2) is 52.6 Å². The molecule has 4 rings (SSSR count). The summed E-state index contributed by atoms with van der Waals surface area (Å²) >= 11 is 5.63. The molecule has 1 aliphatic rings. The van der Waals surface area contributed by atoms with Crippen molar-refractivity contribution in [3.8, 4) is 17.6 Å². The molecule has 1 N–H and O–H groups in total. The Balaban J connectivity index is 1.32. The third-order valence-electron chi connectivity index (χ3n) is 5.19. The van der Waals surface area contributed by atoms with Gasteiger partial charge in [0.25, 0.3) is 5.91 Å². The summed E-state index contributed by atoms with van der Waals surface area (Å²) in [6.07, 6.45) is 2.39. The fourth-order valence-electron chi connectivity index (χ4n) is 3.26. The average molecular weight is 458 g/mol. The first kappa shape index (κ1) is 21.8. The highest BCUT2D eigenvalue weighted by Crippen LogP contribution is 2.40. The van der Waals surface area contributed by atoms with Gasteiger partial charge >= 0.3 is 6.08 Å². The highest BCUT2D eigenvalue weighted by Gasteiger charge is 2.40. The summed E-state index contributed by atoms with van der Waals surface area (Å²) in [7, 11) is 0. The maximum Gasteiger partial charge on any atom is 0.420 e. The van der Waals surface area contributed by atoms with Crippen LogP contribution in [0.3, 0.4) is 0 Å². The van der Waals surface area contributed by atoms with Crippen molar-refractivity contribution in [1.29, 1.82) is 0 Å². The van der Waals surface area contributed by atoms with E-state index >= 15 is 0 Å². The maximum absolute atomic E-state index is 13.4. The number of rotatable bonds is 7. The summed E-state index contributed by atoms with van der Waals surface area (Å²) in [6, 6.07) is 9.68. The second kappa shape index (κ2) is 8.63. The molecule has 2 aromatic carbocycles. The Morgan fingerprint density at radius 1 is 1.19 bits per heavy atom. The van der Waals surface area contributed by atoms with E-state index in [0.717, 1.165) is 17.2 Å². The molecule has 1 unspecified atom stereocenters. The van der Waals surface area contributed by atoms with Crippen LogP contribution in [0, 0.1) is 19.7 Å². The third-order valence-corrected chi connectivity index (χ3v) is 5.50. The second-order valence-corrected chi connectivity index (χ2v) is 8.31. The number of carbonyl (C=O) groups is 1. The molecule has 3 aromatic rings. The summed E-state index contributed by atoms with van der Waals surface area (Å²) in [4.78, 5) is 12.1. The third kappa shape index (κ3) is 4.75. The minimum Gasteiger partial charge on any atom is -0.484 e. The largest absolute Gasteiger partial charge is 0.484 e. The fraction of sp³-hybridized carbons (Fsp3) is 0.261. The van der Waals surface area contributed by atoms with Gasteiger partial charge in [-0.05, 0) is 62.2 Å². The van der Waals surface area contributed by atoms with Crippen LogP contribution in [0.5, 0.6) is 17.6 Å². The Labute approximate surface area is 189 Å². The second-order valence-electron chi connectivity index (χ2n) is 7.90. The van der Waals surface area contributed by atoms with Crippen molar-refractivity contribution in [3.63, 3.8) is 0 Å². The van der Waals surface area contributed by atoms with Crippen molar-refractivity contribution >= 4 is 17.5 Å². The molecule has 1 atom stereocenters. The minimum atomic E-state index is -0.609. The van der Waals surface area contributed by atoms with Crippen LogP contribution in [-0.4, -0.2) is 22.7 Å². The zero-order valence-corrected chi connectivity index (χ0v) is 18.5. The van der Waals surface area contributed by atoms with Crippen LogP contribution < -0.4 is 14.8 Å². The summed E-state index contributed by atoms with van der Waals surface area (Å²) in [5.41, 5.74) is 2.46. The number of hydrogen-bond acceptors (Lipinski definition) is 6. The zero-order chi connectivity index (χ0) is 22.9. The maximum atomic E-state index is 13.4. The molecule has 0 saturated heterocycles. The number of nitrogens with one attached hydrogen (secondary N) is 1. The van der Waals surface area contributed by atoms with Gasteiger partial charge in [-0.1, -0.05) is 22.8 Å². The van der Waals surface area contributed by atoms with E-state index < -0.39 is 11.2 Å². The Morgan fingerprint density at radius 2 is 1.94 bits per heavy atom. The van der Waals surface area contributed by atoms with Gasteiger partial charge in [0.15, 0.2) is 6.61 Å². The number of aryl methyl sites for hydroxylation is 2. The number of ether oxygens (including phenoxy) is 2. The molecule has 0 saturated carbocycles. The molecular weight excluding hydrogens is 437 g/mol. The molecule has 1 aromatic heterocycles. The van der Waals surface area contributed by atoms with Crippen LogP contribution in [0.4, 0.5) is 4.39 Å². The predicted octanol–water partition coefficient (Wildman–Crippen LogP) is 5.01. The highest BCUT2D eigenvalue weighted by molar-refractivity contribution is 6.30. The van der Waals surface area contributed by atoms with Crippen molar-refractivity contribution in [2.75, 3.05) is 6.61 Å². The van der Waals surface area contributed by atoms with Crippen molar-refractivity contribution in [1.82, 2.24) is 15.5 Å². The molecule has 166 valence electrons. The number of halogens is 2. The number of hydrogen-bond donors (Lipinski definition) is 1. The van der Waals surface area contributed by atoms with Gasteiger partial charge in [0.05, 0.1) is 10.4 Å². The van der Waals surface area contributed by atoms with E-state index in [-0.39, 0.29) is 29.4 Å². The number of aromatic nitrogens is 2. The van der Waals surface area contributed by atoms with E-state index in [4.69, 9.17) is 25.5 Å². The molecule has 7 nitrogen and oxygen atoms in total. The lowest BCUT2D eigenvalue weighted by Crippen LogP contribution is -2.39. The smallest absolute Gasteiger partial charge is 0.420 e. The van der Waals surface area contributed by atoms with Crippen LogP contribution >= 0.6 is 11.6 Å². The van der Waals surface area contributed by atoms with Gasteiger partial charge in [0, 0.05) is 18.2 Å². The number of amides is 1. The van der Waals surface area contributed by atoms with Crippen LogP contribution in [0.1, 0.15) is 30.4 Å². The van der Waals surface area contributed by atoms with Crippen molar-refractivity contribution in [3.05, 3.63) is 76.0 Å². The first-order chi connectivity index (χ1) is 15.2. The monoisotopic (exact) mass is 457 g/mol. The summed E-state index contributed by atoms with van der Waals surface area (Å²) < 4.78 is 30.1. The van der Waals surface area contributed by atoms with Crippen molar-refractivity contribution in [2.45, 2.75) is 32.6 Å². The van der Waals surface area contributed by atoms with E-state index in [1.165, 1.54) is 12.1 Å². The number of benzene rings is 2. The first-order valence-corrected chi connectivity index (χ1v) is 10.3. The van der Waals surface area contributed by atoms with E-state index in [2.05, 4.69) is 15.5 Å². The predicted molar refractivity (Wildman–Crippen MR) is 115 cm³/mol. The van der Waals surface area contributed by atoms with Gasteiger partial charge in [0.1, 0.15) is 17.3 Å². The molecule has 0 spiro atoms. The molecule has 32 heavy (non-hydrogen) atoms. The summed E-state index contributed by atoms with van der Waals surface area (Å²) in [5.74, 6) is 0.255. The molecule has 1 aliphatic carbocycles. The quantitative estimate of drug-likeness (QED) is 0.536.